The number of amides is 1. The summed E-state index contributed by atoms with van der Waals surface area (Å²) in [5, 5.41) is 21.8. The smallest absolute Gasteiger partial charge is 0.234 e. The number of furan rings is 1. The topological polar surface area (TPSA) is 93.2 Å². The van der Waals surface area contributed by atoms with Crippen molar-refractivity contribution in [2.75, 3.05) is 11.1 Å². The number of thioether (sulfide) groups is 1. The lowest BCUT2D eigenvalue weighted by Gasteiger charge is -2.20. The number of hydrogen-bond acceptors (Lipinski definition) is 6. The molecule has 8 heteroatoms. The first-order valence-electron chi connectivity index (χ1n) is 9.03. The molecule has 2 heterocycles. The third-order valence-corrected chi connectivity index (χ3v) is 5.21. The van der Waals surface area contributed by atoms with Crippen molar-refractivity contribution in [1.82, 2.24) is 14.8 Å². The van der Waals surface area contributed by atoms with Gasteiger partial charge in [-0.25, -0.2) is 0 Å². The van der Waals surface area contributed by atoms with Crippen LogP contribution in [0.15, 0.2) is 46.2 Å². The van der Waals surface area contributed by atoms with Gasteiger partial charge in [-0.2, -0.15) is 0 Å². The molecule has 0 aliphatic carbocycles. The molecule has 0 radical (unpaired) electrons. The zero-order chi connectivity index (χ0) is 20.3. The Kier molecular flexibility index (Phi) is 5.79. The number of carbonyl (C=O) groups excluding carboxylic acids is 1. The fourth-order valence-electron chi connectivity index (χ4n) is 2.69. The van der Waals surface area contributed by atoms with Crippen molar-refractivity contribution in [3.63, 3.8) is 0 Å². The van der Waals surface area contributed by atoms with E-state index >= 15 is 0 Å². The van der Waals surface area contributed by atoms with Gasteiger partial charge in [0.25, 0.3) is 0 Å². The Morgan fingerprint density at radius 3 is 2.71 bits per heavy atom. The number of benzene rings is 1. The van der Waals surface area contributed by atoms with Gasteiger partial charge in [-0.05, 0) is 42.2 Å². The third-order valence-electron chi connectivity index (χ3n) is 4.24. The van der Waals surface area contributed by atoms with E-state index in [9.17, 15) is 9.90 Å². The van der Waals surface area contributed by atoms with Gasteiger partial charge in [0.2, 0.25) is 5.91 Å². The lowest BCUT2D eigenvalue weighted by Crippen LogP contribution is -2.16. The largest absolute Gasteiger partial charge is 0.506 e. The second-order valence-corrected chi connectivity index (χ2v) is 8.29. The molecule has 2 aromatic heterocycles. The van der Waals surface area contributed by atoms with Crippen LogP contribution in [0.3, 0.4) is 0 Å². The number of aromatic nitrogens is 3. The van der Waals surface area contributed by atoms with Crippen molar-refractivity contribution in [2.45, 2.75) is 44.8 Å². The SMILES string of the molecule is CCn1c(SCC(=O)Nc2cc(C(C)(C)C)ccc2O)nnc1-c1ccco1. The van der Waals surface area contributed by atoms with Crippen molar-refractivity contribution in [1.29, 1.82) is 0 Å². The summed E-state index contributed by atoms with van der Waals surface area (Å²) in [7, 11) is 0. The zero-order valence-electron chi connectivity index (χ0n) is 16.4. The van der Waals surface area contributed by atoms with Crippen LogP contribution in [0.5, 0.6) is 5.75 Å². The summed E-state index contributed by atoms with van der Waals surface area (Å²) in [5.74, 6) is 1.23. The zero-order valence-corrected chi connectivity index (χ0v) is 17.2. The van der Waals surface area contributed by atoms with Gasteiger partial charge in [0.15, 0.2) is 16.7 Å². The number of nitrogens with one attached hydrogen (secondary N) is 1. The van der Waals surface area contributed by atoms with Gasteiger partial charge in [-0.1, -0.05) is 38.6 Å². The maximum Gasteiger partial charge on any atom is 0.234 e. The minimum Gasteiger partial charge on any atom is -0.506 e. The molecule has 3 aromatic rings. The Morgan fingerprint density at radius 2 is 2.07 bits per heavy atom. The van der Waals surface area contributed by atoms with E-state index in [1.54, 1.807) is 18.4 Å². The van der Waals surface area contributed by atoms with Crippen LogP contribution in [0.1, 0.15) is 33.3 Å². The number of phenolic OH excluding ortho intramolecular Hbond substituents is 1. The molecule has 0 saturated carbocycles. The van der Waals surface area contributed by atoms with Gasteiger partial charge in [0.1, 0.15) is 5.75 Å². The summed E-state index contributed by atoms with van der Waals surface area (Å²) < 4.78 is 7.29. The summed E-state index contributed by atoms with van der Waals surface area (Å²) in [4.78, 5) is 12.4. The van der Waals surface area contributed by atoms with E-state index in [0.29, 0.717) is 29.0 Å². The Labute approximate surface area is 168 Å². The monoisotopic (exact) mass is 400 g/mol. The number of phenols is 1. The average Bonchev–Trinajstić information content (AvgIpc) is 3.29. The Hall–Kier alpha value is -2.74. The first-order valence-corrected chi connectivity index (χ1v) is 10.0. The standard InChI is InChI=1S/C20H24N4O3S/c1-5-24-18(16-7-6-10-27-16)22-23-19(24)28-12-17(26)21-14-11-13(20(2,3)4)8-9-15(14)25/h6-11,25H,5,12H2,1-4H3,(H,21,26). The van der Waals surface area contributed by atoms with Crippen molar-refractivity contribution < 1.29 is 14.3 Å². The Bertz CT molecular complexity index is 958. The fraction of sp³-hybridized carbons (Fsp3) is 0.350. The van der Waals surface area contributed by atoms with Crippen LogP contribution in [0.25, 0.3) is 11.6 Å². The minimum absolute atomic E-state index is 0.0446. The Balaban J connectivity index is 1.69. The van der Waals surface area contributed by atoms with Crippen LogP contribution >= 0.6 is 11.8 Å². The third kappa shape index (κ3) is 4.39. The van der Waals surface area contributed by atoms with Crippen LogP contribution in [0.4, 0.5) is 5.69 Å². The number of aromatic hydroxyl groups is 1. The van der Waals surface area contributed by atoms with Crippen LogP contribution in [0, 0.1) is 0 Å². The second-order valence-electron chi connectivity index (χ2n) is 7.35. The predicted octanol–water partition coefficient (Wildman–Crippen LogP) is 4.29. The molecule has 1 amide bonds. The summed E-state index contributed by atoms with van der Waals surface area (Å²) >= 11 is 1.29. The lowest BCUT2D eigenvalue weighted by molar-refractivity contribution is -0.113. The van der Waals surface area contributed by atoms with Crippen LogP contribution in [-0.2, 0) is 16.8 Å². The number of nitrogens with zero attached hydrogens (tertiary/aromatic N) is 3. The Morgan fingerprint density at radius 1 is 1.29 bits per heavy atom. The van der Waals surface area contributed by atoms with Gasteiger partial charge >= 0.3 is 0 Å². The molecule has 0 atom stereocenters. The highest BCUT2D eigenvalue weighted by molar-refractivity contribution is 7.99. The quantitative estimate of drug-likeness (QED) is 0.474. The van der Waals surface area contributed by atoms with Crippen molar-refractivity contribution in [3.05, 3.63) is 42.2 Å². The molecule has 0 fully saturated rings. The molecule has 0 saturated heterocycles. The number of anilines is 1. The van der Waals surface area contributed by atoms with E-state index in [4.69, 9.17) is 4.42 Å². The van der Waals surface area contributed by atoms with Crippen molar-refractivity contribution >= 4 is 23.4 Å². The van der Waals surface area contributed by atoms with E-state index in [0.717, 1.165) is 5.56 Å². The van der Waals surface area contributed by atoms with Gasteiger partial charge in [-0.3, -0.25) is 9.36 Å². The van der Waals surface area contributed by atoms with E-state index in [1.165, 1.54) is 11.8 Å². The molecule has 0 aliphatic rings. The summed E-state index contributed by atoms with van der Waals surface area (Å²) in [6.45, 7) is 8.87. The van der Waals surface area contributed by atoms with Crippen LogP contribution in [0.2, 0.25) is 0 Å². The summed E-state index contributed by atoms with van der Waals surface area (Å²) in [6.07, 6.45) is 1.59. The molecule has 0 spiro atoms. The molecular weight excluding hydrogens is 376 g/mol. The van der Waals surface area contributed by atoms with E-state index in [1.807, 2.05) is 29.7 Å². The van der Waals surface area contributed by atoms with E-state index in [-0.39, 0.29) is 22.8 Å². The normalized spacial score (nSPS) is 11.6. The molecular formula is C20H24N4O3S. The van der Waals surface area contributed by atoms with Crippen molar-refractivity contribution in [2.24, 2.45) is 0 Å². The first-order chi connectivity index (χ1) is 13.3. The van der Waals surface area contributed by atoms with Gasteiger partial charge in [0, 0.05) is 6.54 Å². The highest BCUT2D eigenvalue weighted by Gasteiger charge is 2.18. The summed E-state index contributed by atoms with van der Waals surface area (Å²) in [6, 6.07) is 8.89. The molecule has 0 unspecified atom stereocenters. The molecule has 0 bridgehead atoms. The highest BCUT2D eigenvalue weighted by Crippen LogP contribution is 2.31. The van der Waals surface area contributed by atoms with E-state index in [2.05, 4.69) is 36.3 Å². The first kappa shape index (κ1) is 20.0. The molecule has 0 aliphatic heterocycles. The molecule has 28 heavy (non-hydrogen) atoms. The number of carbonyl (C=O) groups is 1. The van der Waals surface area contributed by atoms with E-state index < -0.39 is 0 Å². The molecule has 7 nitrogen and oxygen atoms in total. The minimum atomic E-state index is -0.225. The number of hydrogen-bond donors (Lipinski definition) is 2. The highest BCUT2D eigenvalue weighted by atomic mass is 32.2. The summed E-state index contributed by atoms with van der Waals surface area (Å²) in [5.41, 5.74) is 1.36. The maximum atomic E-state index is 12.4. The predicted molar refractivity (Wildman–Crippen MR) is 110 cm³/mol. The molecule has 148 valence electrons. The maximum absolute atomic E-state index is 12.4. The van der Waals surface area contributed by atoms with Crippen LogP contribution in [-0.4, -0.2) is 31.5 Å². The van der Waals surface area contributed by atoms with Gasteiger partial charge in [0.05, 0.1) is 17.7 Å². The fourth-order valence-corrected chi connectivity index (χ4v) is 3.49. The lowest BCUT2D eigenvalue weighted by atomic mass is 9.87. The molecule has 3 rings (SSSR count). The van der Waals surface area contributed by atoms with Crippen molar-refractivity contribution in [3.8, 4) is 17.3 Å². The molecule has 2 N–H and O–H groups in total. The second kappa shape index (κ2) is 8.10. The van der Waals surface area contributed by atoms with Crippen LogP contribution < -0.4 is 5.32 Å². The average molecular weight is 401 g/mol. The number of rotatable bonds is 6. The molecule has 1 aromatic carbocycles. The van der Waals surface area contributed by atoms with Gasteiger partial charge < -0.3 is 14.8 Å². The van der Waals surface area contributed by atoms with Gasteiger partial charge in [-0.15, -0.1) is 10.2 Å².